The minimum atomic E-state index is -1.45. The van der Waals surface area contributed by atoms with E-state index in [0.29, 0.717) is 23.5 Å². The summed E-state index contributed by atoms with van der Waals surface area (Å²) in [5.74, 6) is 3.30. The summed E-state index contributed by atoms with van der Waals surface area (Å²) in [6, 6.07) is 24.8. The molecule has 0 aromatic heterocycles. The first-order valence-corrected chi connectivity index (χ1v) is 17.4. The van der Waals surface area contributed by atoms with Crippen molar-refractivity contribution < 1.29 is 9.53 Å². The largest absolute Gasteiger partial charge is 0.544 e. The van der Waals surface area contributed by atoms with E-state index < -0.39 is 8.32 Å². The van der Waals surface area contributed by atoms with Crippen molar-refractivity contribution in [1.82, 2.24) is 0 Å². The lowest BCUT2D eigenvalue weighted by atomic mass is 9.98. The van der Waals surface area contributed by atoms with E-state index in [1.807, 2.05) is 12.1 Å². The number of benzene rings is 3. The summed E-state index contributed by atoms with van der Waals surface area (Å²) >= 11 is 0. The van der Waals surface area contributed by atoms with Gasteiger partial charge in [-0.1, -0.05) is 95.6 Å². The Morgan fingerprint density at radius 2 is 0.919 bits per heavy atom. The number of phenolic OH excluding ortho intramolecular Hbond substituents is 1. The molecule has 3 rings (SSSR count). The fourth-order valence-corrected chi connectivity index (χ4v) is 4.47. The molecule has 0 heterocycles. The molecule has 0 amide bonds. The third-order valence-corrected chi connectivity index (χ3v) is 7.67. The molecule has 0 aliphatic rings. The Morgan fingerprint density at radius 1 is 0.595 bits per heavy atom. The van der Waals surface area contributed by atoms with E-state index in [-0.39, 0.29) is 0 Å². The number of aromatic hydroxyl groups is 1. The zero-order chi connectivity index (χ0) is 28.0. The van der Waals surface area contributed by atoms with Gasteiger partial charge in [0.15, 0.2) is 0 Å². The molecule has 0 aliphatic heterocycles. The van der Waals surface area contributed by atoms with E-state index >= 15 is 0 Å². The van der Waals surface area contributed by atoms with E-state index in [9.17, 15) is 0 Å². The maximum absolute atomic E-state index is 9.01. The molecule has 0 aliphatic carbocycles. The predicted molar refractivity (Wildman–Crippen MR) is 166 cm³/mol. The zero-order valence-electron chi connectivity index (χ0n) is 25.1. The van der Waals surface area contributed by atoms with Crippen molar-refractivity contribution in [3.05, 3.63) is 95.1 Å². The van der Waals surface area contributed by atoms with Gasteiger partial charge in [0.25, 0.3) is 0 Å². The van der Waals surface area contributed by atoms with Crippen LogP contribution in [0.4, 0.5) is 0 Å². The minimum absolute atomic E-state index is 0.344. The molecule has 3 unspecified atom stereocenters. The Bertz CT molecular complexity index is 934. The van der Waals surface area contributed by atoms with E-state index in [1.54, 1.807) is 12.1 Å². The molecule has 3 aromatic rings. The topological polar surface area (TPSA) is 29.5 Å². The van der Waals surface area contributed by atoms with Crippen molar-refractivity contribution in [2.24, 2.45) is 0 Å². The summed E-state index contributed by atoms with van der Waals surface area (Å²) in [5.41, 5.74) is 5.50. The Labute approximate surface area is 229 Å². The molecule has 2 nitrogen and oxygen atoms in total. The van der Waals surface area contributed by atoms with Gasteiger partial charge in [-0.3, -0.25) is 0 Å². The Hall–Kier alpha value is -2.52. The van der Waals surface area contributed by atoms with Crippen LogP contribution in [-0.2, 0) is 0 Å². The van der Waals surface area contributed by atoms with Gasteiger partial charge in [0.2, 0.25) is 8.32 Å². The van der Waals surface area contributed by atoms with Crippen LogP contribution in [0.25, 0.3) is 0 Å². The van der Waals surface area contributed by atoms with Gasteiger partial charge in [0.1, 0.15) is 11.5 Å². The normalized spacial score (nSPS) is 13.2. The summed E-state index contributed by atoms with van der Waals surface area (Å²) in [7, 11) is -1.45. The molecule has 3 aromatic carbocycles. The summed E-state index contributed by atoms with van der Waals surface area (Å²) in [6.07, 6.45) is 3.56. The lowest BCUT2D eigenvalue weighted by molar-refractivity contribution is 0.475. The maximum atomic E-state index is 9.01. The molecule has 3 atom stereocenters. The molecule has 0 saturated carbocycles. The first kappa shape index (κ1) is 32.5. The van der Waals surface area contributed by atoms with Gasteiger partial charge < -0.3 is 9.53 Å². The maximum Gasteiger partial charge on any atom is 0.242 e. The monoisotopic (exact) mass is 520 g/mol. The Balaban J connectivity index is 0.000000283. The van der Waals surface area contributed by atoms with Crippen LogP contribution in [0.5, 0.6) is 11.5 Å². The molecule has 0 fully saturated rings. The van der Waals surface area contributed by atoms with Gasteiger partial charge >= 0.3 is 0 Å². The number of hydrogen-bond acceptors (Lipinski definition) is 2. The van der Waals surface area contributed by atoms with Crippen LogP contribution in [-0.4, -0.2) is 13.4 Å². The minimum Gasteiger partial charge on any atom is -0.544 e. The first-order chi connectivity index (χ1) is 17.4. The standard InChI is InChI=1S/C13H22OSi.C11H16.C10H14O/c1-6-11(2)12-7-9-13(10-8-12)14-15(3,4)5;1-4-10(3)11-7-5-9(2)6-8-11;1-3-8(2)9-4-6-10(11)7-5-9/h7-11H,6H2,1-5H3;5-8,10H,4H2,1-3H3;4-8,11H,3H2,1-2H3. The van der Waals surface area contributed by atoms with Gasteiger partial charge in [-0.2, -0.15) is 0 Å². The van der Waals surface area contributed by atoms with Crippen molar-refractivity contribution in [2.75, 3.05) is 0 Å². The molecule has 1 N–H and O–H groups in total. The second kappa shape index (κ2) is 16.3. The third kappa shape index (κ3) is 13.0. The smallest absolute Gasteiger partial charge is 0.242 e. The lowest BCUT2D eigenvalue weighted by Gasteiger charge is -2.19. The molecule has 0 radical (unpaired) electrons. The zero-order valence-corrected chi connectivity index (χ0v) is 26.1. The number of hydrogen-bond donors (Lipinski definition) is 1. The van der Waals surface area contributed by atoms with Crippen molar-refractivity contribution >= 4 is 8.32 Å². The average molecular weight is 521 g/mol. The molecular weight excluding hydrogens is 468 g/mol. The lowest BCUT2D eigenvalue weighted by Crippen LogP contribution is -2.29. The molecular formula is C34H52O2Si. The van der Waals surface area contributed by atoms with Crippen molar-refractivity contribution in [3.63, 3.8) is 0 Å². The first-order valence-electron chi connectivity index (χ1n) is 14.0. The number of aryl methyl sites for hydroxylation is 1. The highest BCUT2D eigenvalue weighted by molar-refractivity contribution is 6.70. The van der Waals surface area contributed by atoms with E-state index in [2.05, 4.69) is 117 Å². The average Bonchev–Trinajstić information content (AvgIpc) is 2.88. The third-order valence-electron chi connectivity index (χ3n) is 6.82. The highest BCUT2D eigenvalue weighted by Crippen LogP contribution is 2.23. The van der Waals surface area contributed by atoms with Gasteiger partial charge in [-0.25, -0.2) is 0 Å². The Kier molecular flexibility index (Phi) is 14.4. The summed E-state index contributed by atoms with van der Waals surface area (Å²) in [6.45, 7) is 22.1. The Morgan fingerprint density at radius 3 is 1.24 bits per heavy atom. The van der Waals surface area contributed by atoms with Crippen molar-refractivity contribution in [3.8, 4) is 11.5 Å². The number of phenols is 1. The SMILES string of the molecule is CCC(C)c1ccc(C)cc1.CCC(C)c1ccc(O)cc1.CCC(C)c1ccc(O[Si](C)(C)C)cc1. The van der Waals surface area contributed by atoms with Crippen LogP contribution in [0.3, 0.4) is 0 Å². The molecule has 204 valence electrons. The van der Waals surface area contributed by atoms with Crippen LogP contribution in [0.1, 0.15) is 101 Å². The van der Waals surface area contributed by atoms with Crippen LogP contribution in [0.2, 0.25) is 19.6 Å². The molecule has 0 spiro atoms. The van der Waals surface area contributed by atoms with Crippen molar-refractivity contribution in [2.45, 2.75) is 105 Å². The second-order valence-electron chi connectivity index (χ2n) is 11.2. The van der Waals surface area contributed by atoms with Crippen LogP contribution in [0, 0.1) is 6.92 Å². The van der Waals surface area contributed by atoms with Crippen LogP contribution >= 0.6 is 0 Å². The predicted octanol–water partition coefficient (Wildman–Crippen LogP) is 10.8. The van der Waals surface area contributed by atoms with Crippen LogP contribution in [0.15, 0.2) is 72.8 Å². The second-order valence-corrected chi connectivity index (χ2v) is 15.6. The summed E-state index contributed by atoms with van der Waals surface area (Å²) < 4.78 is 5.91. The number of rotatable bonds is 8. The van der Waals surface area contributed by atoms with Crippen LogP contribution < -0.4 is 4.43 Å². The van der Waals surface area contributed by atoms with E-state index in [1.165, 1.54) is 35.1 Å². The molecule has 0 bridgehead atoms. The van der Waals surface area contributed by atoms with Crippen molar-refractivity contribution in [1.29, 1.82) is 0 Å². The van der Waals surface area contributed by atoms with Gasteiger partial charge in [-0.15, -0.1) is 0 Å². The molecule has 37 heavy (non-hydrogen) atoms. The van der Waals surface area contributed by atoms with Gasteiger partial charge in [0, 0.05) is 0 Å². The van der Waals surface area contributed by atoms with E-state index in [0.717, 1.165) is 12.2 Å². The van der Waals surface area contributed by atoms with Gasteiger partial charge in [-0.05, 0) is 105 Å². The fourth-order valence-electron chi connectivity index (χ4n) is 3.62. The quantitative estimate of drug-likeness (QED) is 0.299. The summed E-state index contributed by atoms with van der Waals surface area (Å²) in [4.78, 5) is 0. The highest BCUT2D eigenvalue weighted by Gasteiger charge is 2.16. The molecule has 3 heteroatoms. The fraction of sp³-hybridized carbons (Fsp3) is 0.471. The van der Waals surface area contributed by atoms with Gasteiger partial charge in [0.05, 0.1) is 0 Å². The van der Waals surface area contributed by atoms with E-state index in [4.69, 9.17) is 9.53 Å². The highest BCUT2D eigenvalue weighted by atomic mass is 28.4. The molecule has 0 saturated heterocycles. The summed E-state index contributed by atoms with van der Waals surface area (Å²) in [5, 5.41) is 9.01.